The summed E-state index contributed by atoms with van der Waals surface area (Å²) < 4.78 is 5.67. The summed E-state index contributed by atoms with van der Waals surface area (Å²) in [6.07, 6.45) is 2.57. The zero-order valence-electron chi connectivity index (χ0n) is 13.8. The Morgan fingerprint density at radius 2 is 2.18 bits per heavy atom. The second-order valence-corrected chi connectivity index (χ2v) is 5.63. The molecule has 1 aromatic rings. The lowest BCUT2D eigenvalue weighted by molar-refractivity contribution is 0.265. The van der Waals surface area contributed by atoms with E-state index in [1.54, 1.807) is 0 Å². The van der Waals surface area contributed by atoms with E-state index in [0.717, 1.165) is 37.3 Å². The normalized spacial score (nSPS) is 18.6. The molecular weight excluding hydrogens is 389 g/mol. The summed E-state index contributed by atoms with van der Waals surface area (Å²) in [6.45, 7) is 7.94. The molecule has 1 atom stereocenters. The van der Waals surface area contributed by atoms with Crippen LogP contribution in [0.3, 0.4) is 0 Å². The predicted molar refractivity (Wildman–Crippen MR) is 103 cm³/mol. The van der Waals surface area contributed by atoms with Gasteiger partial charge in [-0.05, 0) is 31.7 Å². The molecule has 2 rings (SSSR count). The number of piperidine rings is 1. The van der Waals surface area contributed by atoms with E-state index in [-0.39, 0.29) is 24.0 Å². The molecule has 1 saturated heterocycles. The first-order valence-electron chi connectivity index (χ1n) is 7.91. The van der Waals surface area contributed by atoms with Crippen LogP contribution in [0.1, 0.15) is 32.3 Å². The van der Waals surface area contributed by atoms with E-state index in [1.807, 2.05) is 32.2 Å². The van der Waals surface area contributed by atoms with Crippen molar-refractivity contribution < 1.29 is 4.74 Å². The molecule has 1 aliphatic rings. The number of benzene rings is 1. The Morgan fingerprint density at radius 3 is 2.86 bits per heavy atom. The van der Waals surface area contributed by atoms with Gasteiger partial charge in [0.15, 0.2) is 5.96 Å². The second kappa shape index (κ2) is 9.92. The van der Waals surface area contributed by atoms with E-state index in [4.69, 9.17) is 4.74 Å². The highest BCUT2D eigenvalue weighted by Gasteiger charge is 2.19. The van der Waals surface area contributed by atoms with E-state index in [1.165, 1.54) is 18.4 Å². The molecule has 0 amide bonds. The lowest BCUT2D eigenvalue weighted by Crippen LogP contribution is -2.45. The van der Waals surface area contributed by atoms with Crippen molar-refractivity contribution in [3.05, 3.63) is 29.8 Å². The summed E-state index contributed by atoms with van der Waals surface area (Å²) in [6, 6.07) is 8.18. The summed E-state index contributed by atoms with van der Waals surface area (Å²) in [7, 11) is 1.86. The van der Waals surface area contributed by atoms with Crippen molar-refractivity contribution in [2.75, 3.05) is 26.7 Å². The van der Waals surface area contributed by atoms with Gasteiger partial charge in [0, 0.05) is 32.2 Å². The third-order valence-electron chi connectivity index (χ3n) is 3.88. The number of ether oxygens (including phenoxy) is 1. The standard InChI is InChI=1S/C17H27N3O.HI/c1-4-21-16-10-6-5-9-15(16)12-19-17(18-3)20-11-7-8-14(2)13-20;/h5-6,9-10,14H,4,7-8,11-13H2,1-3H3,(H,18,19);1H. The molecule has 22 heavy (non-hydrogen) atoms. The third-order valence-corrected chi connectivity index (χ3v) is 3.88. The van der Waals surface area contributed by atoms with Gasteiger partial charge in [0.1, 0.15) is 5.75 Å². The van der Waals surface area contributed by atoms with Crippen molar-refractivity contribution in [2.24, 2.45) is 10.9 Å². The van der Waals surface area contributed by atoms with Crippen molar-refractivity contribution in [3.8, 4) is 5.75 Å². The molecule has 1 heterocycles. The molecule has 1 aliphatic heterocycles. The van der Waals surface area contributed by atoms with Crippen LogP contribution in [0.25, 0.3) is 0 Å². The minimum Gasteiger partial charge on any atom is -0.494 e. The smallest absolute Gasteiger partial charge is 0.193 e. The fourth-order valence-corrected chi connectivity index (χ4v) is 2.83. The van der Waals surface area contributed by atoms with Gasteiger partial charge in [-0.25, -0.2) is 0 Å². The summed E-state index contributed by atoms with van der Waals surface area (Å²) in [5.41, 5.74) is 1.17. The molecule has 0 saturated carbocycles. The van der Waals surface area contributed by atoms with Crippen LogP contribution in [0.4, 0.5) is 0 Å². The first-order valence-corrected chi connectivity index (χ1v) is 7.91. The van der Waals surface area contributed by atoms with Crippen LogP contribution in [0.5, 0.6) is 5.75 Å². The van der Waals surface area contributed by atoms with Crippen LogP contribution in [0, 0.1) is 5.92 Å². The van der Waals surface area contributed by atoms with Crippen LogP contribution in [0.2, 0.25) is 0 Å². The Balaban J connectivity index is 0.00000242. The lowest BCUT2D eigenvalue weighted by Gasteiger charge is -2.33. The van der Waals surface area contributed by atoms with Gasteiger partial charge in [-0.15, -0.1) is 24.0 Å². The highest BCUT2D eigenvalue weighted by Crippen LogP contribution is 2.18. The van der Waals surface area contributed by atoms with Crippen LogP contribution in [-0.2, 0) is 6.54 Å². The minimum absolute atomic E-state index is 0. The highest BCUT2D eigenvalue weighted by molar-refractivity contribution is 14.0. The number of nitrogens with one attached hydrogen (secondary N) is 1. The van der Waals surface area contributed by atoms with Crippen molar-refractivity contribution in [2.45, 2.75) is 33.2 Å². The van der Waals surface area contributed by atoms with Gasteiger partial charge < -0.3 is 15.0 Å². The molecule has 4 nitrogen and oxygen atoms in total. The average Bonchev–Trinajstić information content (AvgIpc) is 2.50. The highest BCUT2D eigenvalue weighted by atomic mass is 127. The summed E-state index contributed by atoms with van der Waals surface area (Å²) in [5, 5.41) is 3.47. The molecule has 0 radical (unpaired) electrons. The second-order valence-electron chi connectivity index (χ2n) is 5.63. The number of aliphatic imine (C=N–C) groups is 1. The molecule has 1 N–H and O–H groups in total. The van der Waals surface area contributed by atoms with Crippen LogP contribution < -0.4 is 10.1 Å². The zero-order chi connectivity index (χ0) is 15.1. The van der Waals surface area contributed by atoms with Gasteiger partial charge >= 0.3 is 0 Å². The molecule has 0 bridgehead atoms. The summed E-state index contributed by atoms with van der Waals surface area (Å²) >= 11 is 0. The van der Waals surface area contributed by atoms with Gasteiger partial charge in [0.2, 0.25) is 0 Å². The van der Waals surface area contributed by atoms with Crippen LogP contribution in [-0.4, -0.2) is 37.6 Å². The topological polar surface area (TPSA) is 36.9 Å². The van der Waals surface area contributed by atoms with Gasteiger partial charge in [0.05, 0.1) is 6.61 Å². The molecule has 1 unspecified atom stereocenters. The fourth-order valence-electron chi connectivity index (χ4n) is 2.83. The molecule has 1 fully saturated rings. The number of rotatable bonds is 4. The molecule has 0 spiro atoms. The number of para-hydroxylation sites is 1. The first-order chi connectivity index (χ1) is 10.2. The number of nitrogens with zero attached hydrogens (tertiary/aromatic N) is 2. The van der Waals surface area contributed by atoms with Crippen LogP contribution >= 0.6 is 24.0 Å². The average molecular weight is 417 g/mol. The van der Waals surface area contributed by atoms with E-state index < -0.39 is 0 Å². The van der Waals surface area contributed by atoms with Crippen LogP contribution in [0.15, 0.2) is 29.3 Å². The van der Waals surface area contributed by atoms with Gasteiger partial charge in [-0.1, -0.05) is 25.1 Å². The van der Waals surface area contributed by atoms with Crippen molar-refractivity contribution in [1.82, 2.24) is 10.2 Å². The van der Waals surface area contributed by atoms with Crippen molar-refractivity contribution in [3.63, 3.8) is 0 Å². The largest absolute Gasteiger partial charge is 0.494 e. The molecule has 5 heteroatoms. The summed E-state index contributed by atoms with van der Waals surface area (Å²) in [4.78, 5) is 6.79. The predicted octanol–water partition coefficient (Wildman–Crippen LogP) is 3.51. The Hall–Kier alpha value is -0.980. The van der Waals surface area contributed by atoms with E-state index in [2.05, 4.69) is 28.2 Å². The first kappa shape index (κ1) is 19.1. The molecule has 0 aromatic heterocycles. The SMILES string of the molecule is CCOc1ccccc1CNC(=NC)N1CCCC(C)C1.I. The van der Waals surface area contributed by atoms with Gasteiger partial charge in [0.25, 0.3) is 0 Å². The molecule has 0 aliphatic carbocycles. The lowest BCUT2D eigenvalue weighted by atomic mass is 10.0. The van der Waals surface area contributed by atoms with Crippen molar-refractivity contribution >= 4 is 29.9 Å². The third kappa shape index (κ3) is 5.34. The number of hydrogen-bond donors (Lipinski definition) is 1. The monoisotopic (exact) mass is 417 g/mol. The van der Waals surface area contributed by atoms with Crippen molar-refractivity contribution in [1.29, 1.82) is 0 Å². The zero-order valence-corrected chi connectivity index (χ0v) is 16.2. The minimum atomic E-state index is 0. The van der Waals surface area contributed by atoms with E-state index >= 15 is 0 Å². The number of hydrogen-bond acceptors (Lipinski definition) is 2. The fraction of sp³-hybridized carbons (Fsp3) is 0.588. The Labute approximate surface area is 151 Å². The molecule has 124 valence electrons. The molecule has 1 aromatic carbocycles. The summed E-state index contributed by atoms with van der Waals surface area (Å²) in [5.74, 6) is 2.69. The van der Waals surface area contributed by atoms with E-state index in [9.17, 15) is 0 Å². The van der Waals surface area contributed by atoms with Gasteiger partial charge in [-0.2, -0.15) is 0 Å². The number of halogens is 1. The Bertz CT molecular complexity index is 479. The maximum Gasteiger partial charge on any atom is 0.193 e. The van der Waals surface area contributed by atoms with Gasteiger partial charge in [-0.3, -0.25) is 4.99 Å². The number of guanidine groups is 1. The maximum absolute atomic E-state index is 5.67. The maximum atomic E-state index is 5.67. The number of likely N-dealkylation sites (tertiary alicyclic amines) is 1. The Morgan fingerprint density at radius 1 is 1.41 bits per heavy atom. The Kier molecular flexibility index (Phi) is 8.60. The quantitative estimate of drug-likeness (QED) is 0.463. The van der Waals surface area contributed by atoms with E-state index in [0.29, 0.717) is 6.61 Å². The molecular formula is C17H28IN3O.